The number of hydrogen-bond donors (Lipinski definition) is 3. The lowest BCUT2D eigenvalue weighted by molar-refractivity contribution is -0.0435. The first-order valence-electron chi connectivity index (χ1n) is 21.4. The first-order valence-corrected chi connectivity index (χ1v) is 25.7. The molecule has 2 aromatic carbocycles. The van der Waals surface area contributed by atoms with Crippen molar-refractivity contribution in [3.63, 3.8) is 0 Å². The molecule has 4 fully saturated rings. The van der Waals surface area contributed by atoms with Crippen LogP contribution in [0.1, 0.15) is 33.6 Å². The van der Waals surface area contributed by atoms with Gasteiger partial charge in [-0.3, -0.25) is 9.80 Å². The third-order valence-corrected chi connectivity index (χ3v) is 17.9. The Bertz CT molecular complexity index is 2060. The maximum Gasteiger partial charge on any atom is 0.501 e. The number of sulfone groups is 1. The summed E-state index contributed by atoms with van der Waals surface area (Å²) in [6.45, 7) is 24.4. The predicted molar refractivity (Wildman–Crippen MR) is 242 cm³/mol. The normalized spacial score (nSPS) is 24.2. The second-order valence-electron chi connectivity index (χ2n) is 17.6. The number of nitrogens with zero attached hydrogens (tertiary/aromatic N) is 4. The molecule has 0 aromatic heterocycles. The second kappa shape index (κ2) is 20.5. The molecular weight excluding hydrogens is 883 g/mol. The molecule has 2 aromatic rings. The zero-order valence-corrected chi connectivity index (χ0v) is 39.2. The van der Waals surface area contributed by atoms with Crippen LogP contribution in [0.5, 0.6) is 0 Å². The largest absolute Gasteiger partial charge is 0.501 e. The summed E-state index contributed by atoms with van der Waals surface area (Å²) in [5.74, 6) is 1.32. The summed E-state index contributed by atoms with van der Waals surface area (Å²) in [4.78, 5) is 7.92. The van der Waals surface area contributed by atoms with Crippen molar-refractivity contribution in [3.8, 4) is 0 Å². The van der Waals surface area contributed by atoms with E-state index in [0.29, 0.717) is 75.9 Å². The number of hydrazine groups is 1. The number of piperazine rings is 2. The number of rotatable bonds is 20. The molecule has 12 nitrogen and oxygen atoms in total. The number of fused-ring (bicyclic) bond motifs is 1. The summed E-state index contributed by atoms with van der Waals surface area (Å²) >= 11 is 8.83. The quantitative estimate of drug-likeness (QED) is 0.0850. The van der Waals surface area contributed by atoms with Gasteiger partial charge in [-0.05, 0) is 57.0 Å². The first-order chi connectivity index (χ1) is 29.2. The number of alkyl halides is 4. The number of ether oxygens (including phenoxy) is 1. The second-order valence-corrected chi connectivity index (χ2v) is 23.1. The lowest BCUT2D eigenvalue weighted by Gasteiger charge is -2.50. The molecular formula is C43H63ClF3N7O5S3. The van der Waals surface area contributed by atoms with Gasteiger partial charge in [0.2, 0.25) is 0 Å². The highest BCUT2D eigenvalue weighted by Crippen LogP contribution is 2.47. The van der Waals surface area contributed by atoms with Crippen molar-refractivity contribution < 1.29 is 34.7 Å². The molecule has 4 aliphatic heterocycles. The standard InChI is InChI=1S/C43H63ClF3N7O5S3/c1-6-41(4,33(3)53-18-15-48-16-19-53)42(5,44)25-32(2)26-51-20-22-54(23-21-51)50-62(57,58)38-12-13-39(40(24-38)61(55,56)43(45,46)47)49-36(31-60-37-10-8-7-9-11-37)14-17-52-27-34-29-59-30-35(34)28-52/h6-13,24,33-36,48-50H,1-2,14-23,25-31H2,3-5H3/t33?,34?,35?,36-,41-,42-/m1/s1. The van der Waals surface area contributed by atoms with Gasteiger partial charge >= 0.3 is 5.51 Å². The van der Waals surface area contributed by atoms with Gasteiger partial charge < -0.3 is 20.3 Å². The number of likely N-dealkylation sites (tertiary alicyclic amines) is 1. The lowest BCUT2D eigenvalue weighted by atomic mass is 9.69. The molecule has 4 saturated heterocycles. The molecule has 346 valence electrons. The van der Waals surface area contributed by atoms with Crippen molar-refractivity contribution in [2.24, 2.45) is 17.3 Å². The minimum Gasteiger partial charge on any atom is -0.381 e. The van der Waals surface area contributed by atoms with E-state index in [1.54, 1.807) is 0 Å². The third-order valence-electron chi connectivity index (χ3n) is 13.3. The fourth-order valence-corrected chi connectivity index (χ4v) is 12.7. The molecule has 0 saturated carbocycles. The van der Waals surface area contributed by atoms with Gasteiger partial charge in [0, 0.05) is 119 Å². The minimum absolute atomic E-state index is 0.146. The van der Waals surface area contributed by atoms with E-state index in [1.807, 2.05) is 43.3 Å². The van der Waals surface area contributed by atoms with E-state index >= 15 is 0 Å². The molecule has 19 heteroatoms. The van der Waals surface area contributed by atoms with Crippen LogP contribution in [0.4, 0.5) is 18.9 Å². The summed E-state index contributed by atoms with van der Waals surface area (Å²) in [5.41, 5.74) is -5.47. The average molecular weight is 947 g/mol. The molecule has 3 unspecified atom stereocenters. The van der Waals surface area contributed by atoms with Crippen LogP contribution in [0.15, 0.2) is 88.0 Å². The van der Waals surface area contributed by atoms with E-state index in [4.69, 9.17) is 16.3 Å². The smallest absolute Gasteiger partial charge is 0.381 e. The van der Waals surface area contributed by atoms with Gasteiger partial charge in [-0.25, -0.2) is 21.8 Å². The van der Waals surface area contributed by atoms with E-state index in [1.165, 1.54) is 16.8 Å². The Morgan fingerprint density at radius 2 is 1.63 bits per heavy atom. The Morgan fingerprint density at radius 1 is 0.984 bits per heavy atom. The Labute approximate surface area is 375 Å². The van der Waals surface area contributed by atoms with Gasteiger partial charge in [0.05, 0.1) is 28.7 Å². The van der Waals surface area contributed by atoms with Crippen LogP contribution in [-0.4, -0.2) is 157 Å². The number of sulfonamides is 1. The molecule has 62 heavy (non-hydrogen) atoms. The highest BCUT2D eigenvalue weighted by Gasteiger charge is 2.49. The van der Waals surface area contributed by atoms with E-state index in [2.05, 4.69) is 57.2 Å². The topological polar surface area (TPSA) is 127 Å². The summed E-state index contributed by atoms with van der Waals surface area (Å²) in [7, 11) is -10.5. The van der Waals surface area contributed by atoms with Crippen LogP contribution in [-0.2, 0) is 24.6 Å². The van der Waals surface area contributed by atoms with Crippen LogP contribution in [0, 0.1) is 17.3 Å². The molecule has 4 heterocycles. The van der Waals surface area contributed by atoms with Crippen molar-refractivity contribution in [2.45, 2.75) is 70.8 Å². The number of benzene rings is 2. The van der Waals surface area contributed by atoms with E-state index in [9.17, 15) is 30.0 Å². The van der Waals surface area contributed by atoms with Gasteiger partial charge in [-0.15, -0.1) is 34.8 Å². The Kier molecular flexibility index (Phi) is 16.3. The van der Waals surface area contributed by atoms with E-state index < -0.39 is 51.5 Å². The zero-order valence-electron chi connectivity index (χ0n) is 36.0. The van der Waals surface area contributed by atoms with Crippen molar-refractivity contribution in [3.05, 3.63) is 73.3 Å². The van der Waals surface area contributed by atoms with Gasteiger partial charge in [-0.1, -0.05) is 43.4 Å². The average Bonchev–Trinajstić information content (AvgIpc) is 3.84. The summed E-state index contributed by atoms with van der Waals surface area (Å²) < 4.78 is 102. The summed E-state index contributed by atoms with van der Waals surface area (Å²) in [6.07, 6.45) is 3.01. The molecule has 0 amide bonds. The van der Waals surface area contributed by atoms with Crippen LogP contribution >= 0.6 is 23.4 Å². The molecule has 3 N–H and O–H groups in total. The molecule has 0 aliphatic carbocycles. The maximum absolute atomic E-state index is 14.2. The summed E-state index contributed by atoms with van der Waals surface area (Å²) in [5, 5.41) is 7.96. The van der Waals surface area contributed by atoms with Crippen molar-refractivity contribution in [2.75, 3.05) is 103 Å². The highest BCUT2D eigenvalue weighted by molar-refractivity contribution is 7.99. The molecule has 0 radical (unpaired) electrons. The van der Waals surface area contributed by atoms with Crippen LogP contribution in [0.3, 0.4) is 0 Å². The number of thioether (sulfide) groups is 1. The van der Waals surface area contributed by atoms with Crippen molar-refractivity contribution >= 4 is 48.9 Å². The minimum atomic E-state index is -5.96. The fraction of sp³-hybridized carbons (Fsp3) is 0.628. The Morgan fingerprint density at radius 3 is 2.24 bits per heavy atom. The van der Waals surface area contributed by atoms with Crippen molar-refractivity contribution in [1.82, 2.24) is 29.9 Å². The number of hydrogen-bond acceptors (Lipinski definition) is 12. The predicted octanol–water partition coefficient (Wildman–Crippen LogP) is 5.76. The SMILES string of the molecule is C=C[C@](C)(C(C)N1CCNCC1)[C@](C)(Cl)CC(=C)CN1CCN(NS(=O)(=O)c2ccc(N[C@H](CCN3CC4COCC4C3)CSc3ccccc3)c(S(=O)(=O)C(F)(F)F)c2)CC1. The molecule has 6 rings (SSSR count). The van der Waals surface area contributed by atoms with E-state index in [-0.39, 0.29) is 24.8 Å². The van der Waals surface area contributed by atoms with Gasteiger partial charge in [0.25, 0.3) is 19.9 Å². The number of nitrogens with one attached hydrogen (secondary N) is 3. The van der Waals surface area contributed by atoms with E-state index in [0.717, 1.165) is 61.9 Å². The van der Waals surface area contributed by atoms with Crippen LogP contribution in [0.2, 0.25) is 0 Å². The molecule has 4 aliphatic rings. The molecule has 6 atom stereocenters. The fourth-order valence-electron chi connectivity index (χ4n) is 9.09. The lowest BCUT2D eigenvalue weighted by Crippen LogP contribution is -2.57. The van der Waals surface area contributed by atoms with Crippen molar-refractivity contribution in [1.29, 1.82) is 0 Å². The van der Waals surface area contributed by atoms with Crippen LogP contribution < -0.4 is 15.5 Å². The molecule has 0 spiro atoms. The molecule has 0 bridgehead atoms. The van der Waals surface area contributed by atoms with Gasteiger partial charge in [0.15, 0.2) is 0 Å². The van der Waals surface area contributed by atoms with Gasteiger partial charge in [0.1, 0.15) is 4.90 Å². The zero-order chi connectivity index (χ0) is 44.9. The maximum atomic E-state index is 14.2. The summed E-state index contributed by atoms with van der Waals surface area (Å²) in [6, 6.07) is 12.1. The Balaban J connectivity index is 1.10. The third kappa shape index (κ3) is 11.8. The van der Waals surface area contributed by atoms with Gasteiger partial charge in [-0.2, -0.15) is 13.2 Å². The monoisotopic (exact) mass is 945 g/mol. The number of anilines is 1. The highest BCUT2D eigenvalue weighted by atomic mass is 35.5. The number of halogens is 4. The first kappa shape index (κ1) is 49.2. The Hall–Kier alpha value is -2.23. The van der Waals surface area contributed by atoms with Crippen LogP contribution in [0.25, 0.3) is 0 Å².